The minimum Gasteiger partial charge on any atom is -0.204 e. The molecule has 0 bridgehead atoms. The van der Waals surface area contributed by atoms with E-state index in [0.29, 0.717) is 0 Å². The lowest BCUT2D eigenvalue weighted by molar-refractivity contribution is 0.447. The van der Waals surface area contributed by atoms with Crippen LogP contribution in [0, 0.1) is 97.5 Å². The van der Waals surface area contributed by atoms with Crippen LogP contribution < -0.4 is 21.9 Å². The van der Waals surface area contributed by atoms with Gasteiger partial charge in [0.15, 0.2) is 84.5 Å². The number of halogens is 12. The quantitative estimate of drug-likeness (QED) is 0.0601. The molecular formula is C52H35BF12S2. The molecule has 0 amide bonds. The molecule has 0 atom stereocenters. The highest BCUT2D eigenvalue weighted by Crippen LogP contribution is 2.37. The summed E-state index contributed by atoms with van der Waals surface area (Å²) < 4.78 is 170. The molecule has 0 aliphatic rings. The SMILES string of the molecule is Cc1ccc(C)c([S+](c2ccc(Sc3ccccc3)cc2)c2cc(C)ccc2C)c1.Fc1cc([B-](c2cc(F)c(F)c(F)c2)(c2cc(F)c(F)c(F)c2)c2cc(F)c(F)c(F)c2)cc(F)c1F. The van der Waals surface area contributed by atoms with Crippen molar-refractivity contribution in [3.05, 3.63) is 232 Å². The summed E-state index contributed by atoms with van der Waals surface area (Å²) in [6, 6.07) is 34.8. The average molecular weight is 963 g/mol. The third kappa shape index (κ3) is 9.89. The largest absolute Gasteiger partial charge is 0.204 e. The van der Waals surface area contributed by atoms with Gasteiger partial charge in [0.1, 0.15) is 6.15 Å². The molecule has 8 rings (SSSR count). The van der Waals surface area contributed by atoms with E-state index in [9.17, 15) is 52.7 Å². The summed E-state index contributed by atoms with van der Waals surface area (Å²) in [6.07, 6.45) is -4.01. The third-order valence-electron chi connectivity index (χ3n) is 11.2. The fourth-order valence-corrected chi connectivity index (χ4v) is 11.3. The molecular weight excluding hydrogens is 927 g/mol. The second-order valence-electron chi connectivity index (χ2n) is 15.8. The minimum atomic E-state index is -4.01. The lowest BCUT2D eigenvalue weighted by Gasteiger charge is -2.44. The number of hydrogen-bond acceptors (Lipinski definition) is 1. The van der Waals surface area contributed by atoms with Crippen molar-refractivity contribution in [1.29, 1.82) is 0 Å². The minimum absolute atomic E-state index is 0.122. The van der Waals surface area contributed by atoms with Crippen LogP contribution in [0.15, 0.2) is 164 Å². The summed E-state index contributed by atoms with van der Waals surface area (Å²) >= 11 is 1.81. The first-order valence-corrected chi connectivity index (χ1v) is 22.3. The molecule has 0 unspecified atom stereocenters. The molecule has 8 aromatic carbocycles. The number of aryl methyl sites for hydroxylation is 4. The normalized spacial score (nSPS) is 11.5. The Morgan fingerprint density at radius 1 is 0.343 bits per heavy atom. The number of rotatable bonds is 9. The zero-order chi connectivity index (χ0) is 48.5. The van der Waals surface area contributed by atoms with Crippen molar-refractivity contribution in [3.8, 4) is 0 Å². The third-order valence-corrected chi connectivity index (χ3v) is 14.7. The van der Waals surface area contributed by atoms with E-state index < -0.39 is 97.8 Å². The Bertz CT molecular complexity index is 2770. The van der Waals surface area contributed by atoms with Crippen molar-refractivity contribution in [2.24, 2.45) is 0 Å². The fourth-order valence-electron chi connectivity index (χ4n) is 7.95. The maximum atomic E-state index is 14.4. The Labute approximate surface area is 385 Å². The summed E-state index contributed by atoms with van der Waals surface area (Å²) in [5.41, 5.74) is 1.55. The first kappa shape index (κ1) is 48.6. The summed E-state index contributed by atoms with van der Waals surface area (Å²) in [6.45, 7) is 8.85. The molecule has 0 heterocycles. The Kier molecular flexibility index (Phi) is 14.4. The van der Waals surface area contributed by atoms with E-state index in [1.807, 2.05) is 11.8 Å². The molecule has 0 radical (unpaired) electrons. The van der Waals surface area contributed by atoms with Crippen LogP contribution in [-0.4, -0.2) is 6.15 Å². The van der Waals surface area contributed by atoms with Gasteiger partial charge in [-0.2, -0.15) is 21.9 Å². The van der Waals surface area contributed by atoms with Gasteiger partial charge in [-0.05, 0) is 87.4 Å². The Balaban J connectivity index is 0.000000203. The standard InChI is InChI=1S/C28H27S2.C24H8BF12/c1-20-10-12-22(3)27(18-20)30(28-19-21(2)11-13-23(28)4)26-16-14-25(15-17-26)29-24-8-6-5-7-9-24;26-13-1-9(2-14(27)21(13)34)25(10-3-15(28)22(35)16(29)4-10,11-5-17(30)23(36)18(31)6-11)12-7-19(32)24(37)20(33)8-12/h5-19H,1-4H3;1-8H/q+1;-1. The molecule has 0 saturated heterocycles. The molecule has 0 nitrogen and oxygen atoms in total. The molecule has 0 saturated carbocycles. The first-order chi connectivity index (χ1) is 31.8. The highest BCUT2D eigenvalue weighted by atomic mass is 32.2. The van der Waals surface area contributed by atoms with Gasteiger partial charge in [0.05, 0.1) is 10.9 Å². The van der Waals surface area contributed by atoms with Crippen molar-refractivity contribution in [2.45, 2.75) is 52.2 Å². The molecule has 0 aromatic heterocycles. The van der Waals surface area contributed by atoms with E-state index in [0.717, 1.165) is 0 Å². The van der Waals surface area contributed by atoms with Crippen LogP contribution in [0.1, 0.15) is 22.3 Å². The second-order valence-corrected chi connectivity index (χ2v) is 18.9. The van der Waals surface area contributed by atoms with E-state index in [2.05, 4.69) is 119 Å². The van der Waals surface area contributed by atoms with E-state index >= 15 is 0 Å². The van der Waals surface area contributed by atoms with Crippen molar-refractivity contribution in [1.82, 2.24) is 0 Å². The lowest BCUT2D eigenvalue weighted by Crippen LogP contribution is -2.75. The molecule has 0 fully saturated rings. The molecule has 8 aromatic rings. The topological polar surface area (TPSA) is 0 Å². The van der Waals surface area contributed by atoms with Crippen molar-refractivity contribution in [2.75, 3.05) is 0 Å². The van der Waals surface area contributed by atoms with Gasteiger partial charge in [-0.1, -0.05) is 103 Å². The summed E-state index contributed by atoms with van der Waals surface area (Å²) in [5.74, 6) is -24.0. The van der Waals surface area contributed by atoms with Crippen LogP contribution in [0.25, 0.3) is 0 Å². The van der Waals surface area contributed by atoms with Crippen molar-refractivity contribution < 1.29 is 52.7 Å². The van der Waals surface area contributed by atoms with Gasteiger partial charge in [-0.3, -0.25) is 0 Å². The van der Waals surface area contributed by atoms with Crippen molar-refractivity contribution >= 4 is 50.7 Å². The van der Waals surface area contributed by atoms with Crippen LogP contribution in [-0.2, 0) is 10.9 Å². The molecule has 0 spiro atoms. The van der Waals surface area contributed by atoms with Gasteiger partial charge < -0.3 is 0 Å². The molecule has 342 valence electrons. The zero-order valence-corrected chi connectivity index (χ0v) is 37.3. The smallest absolute Gasteiger partial charge is 0.194 e. The highest BCUT2D eigenvalue weighted by Gasteiger charge is 2.38. The van der Waals surface area contributed by atoms with Crippen LogP contribution in [0.3, 0.4) is 0 Å². The average Bonchev–Trinajstić information content (AvgIpc) is 3.29. The van der Waals surface area contributed by atoms with Gasteiger partial charge in [-0.25, -0.2) is 52.7 Å². The van der Waals surface area contributed by atoms with Gasteiger partial charge in [0.25, 0.3) is 0 Å². The van der Waals surface area contributed by atoms with Crippen LogP contribution in [0.5, 0.6) is 0 Å². The summed E-state index contributed by atoms with van der Waals surface area (Å²) in [7, 11) is -0.122. The lowest BCUT2D eigenvalue weighted by atomic mass is 9.13. The van der Waals surface area contributed by atoms with Crippen LogP contribution >= 0.6 is 11.8 Å². The Morgan fingerprint density at radius 2 is 0.642 bits per heavy atom. The van der Waals surface area contributed by atoms with E-state index in [1.54, 1.807) is 0 Å². The maximum absolute atomic E-state index is 14.4. The van der Waals surface area contributed by atoms with E-state index in [1.165, 1.54) is 46.7 Å². The fraction of sp³-hybridized carbons (Fsp3) is 0.0769. The second kappa shape index (κ2) is 19.9. The van der Waals surface area contributed by atoms with Gasteiger partial charge in [0, 0.05) is 20.9 Å². The number of benzene rings is 8. The predicted molar refractivity (Wildman–Crippen MR) is 241 cm³/mol. The highest BCUT2D eigenvalue weighted by molar-refractivity contribution is 7.99. The summed E-state index contributed by atoms with van der Waals surface area (Å²) in [5, 5.41) is 0. The molecule has 15 heteroatoms. The van der Waals surface area contributed by atoms with Gasteiger partial charge in [-0.15, -0.1) is 0 Å². The predicted octanol–water partition coefficient (Wildman–Crippen LogP) is 12.9. The van der Waals surface area contributed by atoms with Gasteiger partial charge in [0.2, 0.25) is 0 Å². The molecule has 0 aliphatic carbocycles. The first-order valence-electron chi connectivity index (χ1n) is 20.3. The van der Waals surface area contributed by atoms with Crippen molar-refractivity contribution in [3.63, 3.8) is 0 Å². The van der Waals surface area contributed by atoms with E-state index in [-0.39, 0.29) is 59.4 Å². The molecule has 0 N–H and O–H groups in total. The van der Waals surface area contributed by atoms with Crippen LogP contribution in [0.4, 0.5) is 52.7 Å². The Morgan fingerprint density at radius 3 is 0.955 bits per heavy atom. The maximum Gasteiger partial charge on any atom is 0.194 e. The van der Waals surface area contributed by atoms with E-state index in [4.69, 9.17) is 0 Å². The van der Waals surface area contributed by atoms with Gasteiger partial charge >= 0.3 is 0 Å². The Hall–Kier alpha value is -6.32. The summed E-state index contributed by atoms with van der Waals surface area (Å²) in [4.78, 5) is 6.76. The zero-order valence-electron chi connectivity index (χ0n) is 35.7. The monoisotopic (exact) mass is 962 g/mol. The number of hydrogen-bond donors (Lipinski definition) is 0. The molecule has 67 heavy (non-hydrogen) atoms. The van der Waals surface area contributed by atoms with Crippen LogP contribution in [0.2, 0.25) is 0 Å². The molecule has 0 aliphatic heterocycles.